The number of ether oxygens (including phenoxy) is 1. The lowest BCUT2D eigenvalue weighted by Crippen LogP contribution is -2.38. The van der Waals surface area contributed by atoms with Crippen molar-refractivity contribution in [3.05, 3.63) is 0 Å². The van der Waals surface area contributed by atoms with E-state index >= 15 is 0 Å². The Bertz CT molecular complexity index is 173. The number of rotatable bonds is 6. The molecular formula is C12H22O2. The second kappa shape index (κ2) is 5.38. The van der Waals surface area contributed by atoms with Crippen LogP contribution in [0.15, 0.2) is 0 Å². The van der Waals surface area contributed by atoms with E-state index in [0.29, 0.717) is 12.4 Å². The Morgan fingerprint density at radius 3 is 2.43 bits per heavy atom. The first-order valence-corrected chi connectivity index (χ1v) is 5.90. The molecule has 1 saturated carbocycles. The summed E-state index contributed by atoms with van der Waals surface area (Å²) in [6.45, 7) is 4.95. The lowest BCUT2D eigenvalue weighted by Gasteiger charge is -2.36. The van der Waals surface area contributed by atoms with Gasteiger partial charge in [0.15, 0.2) is 0 Å². The van der Waals surface area contributed by atoms with E-state index in [1.807, 2.05) is 0 Å². The van der Waals surface area contributed by atoms with Gasteiger partial charge in [0.1, 0.15) is 5.60 Å². The largest absolute Gasteiger partial charge is 0.461 e. The van der Waals surface area contributed by atoms with Crippen LogP contribution in [0.2, 0.25) is 0 Å². The van der Waals surface area contributed by atoms with Crippen LogP contribution in [-0.2, 0) is 9.53 Å². The smallest absolute Gasteiger partial charge is 0.293 e. The van der Waals surface area contributed by atoms with E-state index in [1.165, 1.54) is 25.7 Å². The molecule has 0 aliphatic heterocycles. The van der Waals surface area contributed by atoms with Crippen molar-refractivity contribution in [3.63, 3.8) is 0 Å². The number of hydrogen-bond acceptors (Lipinski definition) is 2. The molecule has 0 N–H and O–H groups in total. The van der Waals surface area contributed by atoms with E-state index < -0.39 is 0 Å². The van der Waals surface area contributed by atoms with Crippen LogP contribution in [0, 0.1) is 5.92 Å². The summed E-state index contributed by atoms with van der Waals surface area (Å²) in [7, 11) is 0. The van der Waals surface area contributed by atoms with Crippen molar-refractivity contribution in [2.75, 3.05) is 0 Å². The minimum atomic E-state index is -0.146. The zero-order valence-electron chi connectivity index (χ0n) is 9.42. The van der Waals surface area contributed by atoms with E-state index in [2.05, 4.69) is 13.8 Å². The van der Waals surface area contributed by atoms with Gasteiger partial charge >= 0.3 is 0 Å². The first kappa shape index (κ1) is 11.5. The lowest BCUT2D eigenvalue weighted by molar-refractivity contribution is -0.151. The zero-order chi connectivity index (χ0) is 10.4. The standard InChI is InChI=1S/C12H22O2/c1-3-9-12(4-2,14-10-13)11-7-5-6-8-11/h10-11H,3-9H2,1-2H3. The first-order valence-electron chi connectivity index (χ1n) is 5.90. The van der Waals surface area contributed by atoms with Crippen LogP contribution in [-0.4, -0.2) is 12.1 Å². The minimum absolute atomic E-state index is 0.146. The normalized spacial score (nSPS) is 21.9. The molecule has 0 saturated heterocycles. The molecule has 0 bridgehead atoms. The van der Waals surface area contributed by atoms with Gasteiger partial charge in [0, 0.05) is 0 Å². The third-order valence-corrected chi connectivity index (χ3v) is 3.65. The fourth-order valence-electron chi connectivity index (χ4n) is 2.88. The van der Waals surface area contributed by atoms with Crippen LogP contribution in [0.3, 0.4) is 0 Å². The number of carbonyl (C=O) groups excluding carboxylic acids is 1. The molecule has 1 aliphatic rings. The molecule has 1 unspecified atom stereocenters. The summed E-state index contributed by atoms with van der Waals surface area (Å²) >= 11 is 0. The quantitative estimate of drug-likeness (QED) is 0.612. The summed E-state index contributed by atoms with van der Waals surface area (Å²) in [5.41, 5.74) is -0.146. The average molecular weight is 198 g/mol. The van der Waals surface area contributed by atoms with Gasteiger partial charge in [-0.05, 0) is 31.6 Å². The Kier molecular flexibility index (Phi) is 4.43. The van der Waals surface area contributed by atoms with Crippen molar-refractivity contribution >= 4 is 6.47 Å². The maximum absolute atomic E-state index is 10.6. The van der Waals surface area contributed by atoms with E-state index in [9.17, 15) is 4.79 Å². The summed E-state index contributed by atoms with van der Waals surface area (Å²) in [6, 6.07) is 0. The fraction of sp³-hybridized carbons (Fsp3) is 0.917. The maximum Gasteiger partial charge on any atom is 0.293 e. The van der Waals surface area contributed by atoms with Gasteiger partial charge in [-0.2, -0.15) is 0 Å². The Labute approximate surface area is 87.0 Å². The molecule has 0 aromatic carbocycles. The van der Waals surface area contributed by atoms with E-state index in [-0.39, 0.29) is 5.60 Å². The van der Waals surface area contributed by atoms with Gasteiger partial charge in [-0.1, -0.05) is 33.1 Å². The average Bonchev–Trinajstić information content (AvgIpc) is 2.70. The summed E-state index contributed by atoms with van der Waals surface area (Å²) in [5, 5.41) is 0. The molecule has 0 amide bonds. The van der Waals surface area contributed by atoms with Gasteiger partial charge in [0.2, 0.25) is 0 Å². The third kappa shape index (κ3) is 2.28. The molecule has 0 aromatic heterocycles. The number of hydrogen-bond donors (Lipinski definition) is 0. The van der Waals surface area contributed by atoms with Gasteiger partial charge in [-0.3, -0.25) is 4.79 Å². The molecule has 2 heteroatoms. The summed E-state index contributed by atoms with van der Waals surface area (Å²) in [5.74, 6) is 0.609. The number of carbonyl (C=O) groups is 1. The van der Waals surface area contributed by atoms with Gasteiger partial charge in [0.05, 0.1) is 0 Å². The minimum Gasteiger partial charge on any atom is -0.461 e. The van der Waals surface area contributed by atoms with E-state index in [0.717, 1.165) is 19.3 Å². The fourth-order valence-corrected chi connectivity index (χ4v) is 2.88. The van der Waals surface area contributed by atoms with Crippen LogP contribution >= 0.6 is 0 Å². The Hall–Kier alpha value is -0.530. The van der Waals surface area contributed by atoms with Crippen LogP contribution in [0.5, 0.6) is 0 Å². The predicted octanol–water partition coefficient (Wildman–Crippen LogP) is 3.30. The van der Waals surface area contributed by atoms with Crippen LogP contribution in [0.1, 0.15) is 58.8 Å². The molecule has 2 nitrogen and oxygen atoms in total. The highest BCUT2D eigenvalue weighted by Crippen LogP contribution is 2.40. The highest BCUT2D eigenvalue weighted by molar-refractivity contribution is 5.38. The van der Waals surface area contributed by atoms with Crippen molar-refractivity contribution in [1.82, 2.24) is 0 Å². The van der Waals surface area contributed by atoms with Crippen LogP contribution in [0.25, 0.3) is 0 Å². The monoisotopic (exact) mass is 198 g/mol. The van der Waals surface area contributed by atoms with Crippen molar-refractivity contribution in [2.24, 2.45) is 5.92 Å². The molecule has 82 valence electrons. The summed E-state index contributed by atoms with van der Waals surface area (Å²) < 4.78 is 5.42. The Morgan fingerprint density at radius 2 is 2.00 bits per heavy atom. The molecule has 1 aliphatic carbocycles. The highest BCUT2D eigenvalue weighted by atomic mass is 16.5. The predicted molar refractivity (Wildman–Crippen MR) is 57.0 cm³/mol. The zero-order valence-corrected chi connectivity index (χ0v) is 9.42. The second-order valence-corrected chi connectivity index (χ2v) is 4.36. The summed E-state index contributed by atoms with van der Waals surface area (Å²) in [4.78, 5) is 10.6. The van der Waals surface area contributed by atoms with Crippen LogP contribution < -0.4 is 0 Å². The van der Waals surface area contributed by atoms with Gasteiger partial charge in [-0.25, -0.2) is 0 Å². The molecule has 1 fully saturated rings. The van der Waals surface area contributed by atoms with Crippen LogP contribution in [0.4, 0.5) is 0 Å². The molecule has 0 radical (unpaired) electrons. The lowest BCUT2D eigenvalue weighted by atomic mass is 9.80. The molecule has 14 heavy (non-hydrogen) atoms. The van der Waals surface area contributed by atoms with Crippen molar-refractivity contribution in [2.45, 2.75) is 64.4 Å². The molecule has 0 aromatic rings. The highest BCUT2D eigenvalue weighted by Gasteiger charge is 2.39. The Morgan fingerprint density at radius 1 is 1.36 bits per heavy atom. The molecule has 1 rings (SSSR count). The van der Waals surface area contributed by atoms with Crippen molar-refractivity contribution in [3.8, 4) is 0 Å². The first-order chi connectivity index (χ1) is 6.79. The topological polar surface area (TPSA) is 26.3 Å². The molecule has 0 spiro atoms. The van der Waals surface area contributed by atoms with Gasteiger partial charge < -0.3 is 4.74 Å². The molecular weight excluding hydrogens is 176 g/mol. The molecule has 1 atom stereocenters. The SMILES string of the molecule is CCCC(CC)(OC=O)C1CCCC1. The van der Waals surface area contributed by atoms with E-state index in [4.69, 9.17) is 4.74 Å². The van der Waals surface area contributed by atoms with E-state index in [1.54, 1.807) is 0 Å². The maximum atomic E-state index is 10.6. The Balaban J connectivity index is 2.69. The van der Waals surface area contributed by atoms with Gasteiger partial charge in [-0.15, -0.1) is 0 Å². The second-order valence-electron chi connectivity index (χ2n) is 4.36. The van der Waals surface area contributed by atoms with Crippen molar-refractivity contribution in [1.29, 1.82) is 0 Å². The van der Waals surface area contributed by atoms with Crippen molar-refractivity contribution < 1.29 is 9.53 Å². The summed E-state index contributed by atoms with van der Waals surface area (Å²) in [6.07, 6.45) is 8.16. The molecule has 0 heterocycles. The van der Waals surface area contributed by atoms with Gasteiger partial charge in [0.25, 0.3) is 6.47 Å². The third-order valence-electron chi connectivity index (χ3n) is 3.65.